The number of hydrogen-bond acceptors (Lipinski definition) is 5. The monoisotopic (exact) mass is 331 g/mol. The molecule has 7 nitrogen and oxygen atoms in total. The highest BCUT2D eigenvalue weighted by Crippen LogP contribution is 2.37. The van der Waals surface area contributed by atoms with E-state index >= 15 is 0 Å². The molecular formula is C18H17N7. The lowest BCUT2D eigenvalue weighted by Crippen LogP contribution is -2.07. The van der Waals surface area contributed by atoms with Gasteiger partial charge in [0.05, 0.1) is 12.0 Å². The summed E-state index contributed by atoms with van der Waals surface area (Å²) in [7, 11) is 0. The number of hydrogen-bond donors (Lipinski definition) is 1. The zero-order chi connectivity index (χ0) is 16.6. The van der Waals surface area contributed by atoms with E-state index in [1.807, 2.05) is 35.4 Å². The van der Waals surface area contributed by atoms with E-state index in [4.69, 9.17) is 0 Å². The Morgan fingerprint density at radius 3 is 2.84 bits per heavy atom. The van der Waals surface area contributed by atoms with Crippen molar-refractivity contribution >= 4 is 17.0 Å². The van der Waals surface area contributed by atoms with Gasteiger partial charge in [0.1, 0.15) is 11.8 Å². The molecule has 5 rings (SSSR count). The topological polar surface area (TPSA) is 73.5 Å². The molecule has 1 saturated carbocycles. The van der Waals surface area contributed by atoms with Gasteiger partial charge < -0.3 is 9.88 Å². The minimum absolute atomic E-state index is 0.549. The third-order valence-corrected chi connectivity index (χ3v) is 4.49. The summed E-state index contributed by atoms with van der Waals surface area (Å²) in [6.07, 6.45) is 9.61. The van der Waals surface area contributed by atoms with E-state index in [9.17, 15) is 0 Å². The lowest BCUT2D eigenvalue weighted by molar-refractivity contribution is 0.756. The number of aromatic nitrogens is 6. The molecule has 25 heavy (non-hydrogen) atoms. The summed E-state index contributed by atoms with van der Waals surface area (Å²) in [5.74, 6) is 0.764. The lowest BCUT2D eigenvalue weighted by Gasteiger charge is -2.11. The molecule has 4 aromatic rings. The fourth-order valence-electron chi connectivity index (χ4n) is 3.08. The number of anilines is 1. The summed E-state index contributed by atoms with van der Waals surface area (Å²) >= 11 is 0. The molecule has 1 N–H and O–H groups in total. The van der Waals surface area contributed by atoms with Crippen LogP contribution in [0.1, 0.15) is 24.4 Å². The Morgan fingerprint density at radius 1 is 1.08 bits per heavy atom. The SMILES string of the molecule is c1ccc(-n2cccn2)c(CNc2ncnc3c2ncn3C2CC2)c1. The smallest absolute Gasteiger partial charge is 0.165 e. The van der Waals surface area contributed by atoms with E-state index in [1.165, 1.54) is 12.8 Å². The van der Waals surface area contributed by atoms with Crippen LogP contribution in [0.4, 0.5) is 5.82 Å². The van der Waals surface area contributed by atoms with Gasteiger partial charge in [0.2, 0.25) is 0 Å². The van der Waals surface area contributed by atoms with Crippen LogP contribution in [0.5, 0.6) is 0 Å². The zero-order valence-electron chi connectivity index (χ0n) is 13.6. The number of benzene rings is 1. The lowest BCUT2D eigenvalue weighted by atomic mass is 10.2. The average molecular weight is 331 g/mol. The van der Waals surface area contributed by atoms with E-state index in [2.05, 4.69) is 42.1 Å². The van der Waals surface area contributed by atoms with Crippen LogP contribution in [0.2, 0.25) is 0 Å². The van der Waals surface area contributed by atoms with Gasteiger partial charge in [-0.1, -0.05) is 18.2 Å². The third kappa shape index (κ3) is 2.53. The predicted molar refractivity (Wildman–Crippen MR) is 94.5 cm³/mol. The van der Waals surface area contributed by atoms with Crippen molar-refractivity contribution in [1.82, 2.24) is 29.3 Å². The number of rotatable bonds is 5. The second-order valence-corrected chi connectivity index (χ2v) is 6.21. The van der Waals surface area contributed by atoms with Crippen molar-refractivity contribution < 1.29 is 0 Å². The summed E-state index contributed by atoms with van der Waals surface area (Å²) in [4.78, 5) is 13.3. The summed E-state index contributed by atoms with van der Waals surface area (Å²) < 4.78 is 4.02. The van der Waals surface area contributed by atoms with Crippen LogP contribution in [0.25, 0.3) is 16.9 Å². The Balaban J connectivity index is 1.45. The molecule has 124 valence electrons. The Bertz CT molecular complexity index is 1020. The Kier molecular flexibility index (Phi) is 3.22. The largest absolute Gasteiger partial charge is 0.364 e. The van der Waals surface area contributed by atoms with Crippen molar-refractivity contribution in [2.75, 3.05) is 5.32 Å². The molecule has 0 saturated heterocycles. The van der Waals surface area contributed by atoms with Crippen molar-refractivity contribution in [1.29, 1.82) is 0 Å². The van der Waals surface area contributed by atoms with Crippen molar-refractivity contribution in [3.05, 3.63) is 60.9 Å². The van der Waals surface area contributed by atoms with E-state index in [-0.39, 0.29) is 0 Å². The summed E-state index contributed by atoms with van der Waals surface area (Å²) in [6.45, 7) is 0.637. The van der Waals surface area contributed by atoms with Crippen LogP contribution in [-0.2, 0) is 6.54 Å². The maximum atomic E-state index is 4.52. The van der Waals surface area contributed by atoms with Gasteiger partial charge in [-0.2, -0.15) is 5.10 Å². The maximum absolute atomic E-state index is 4.52. The van der Waals surface area contributed by atoms with E-state index in [1.54, 1.807) is 12.5 Å². The van der Waals surface area contributed by atoms with E-state index in [0.717, 1.165) is 28.2 Å². The van der Waals surface area contributed by atoms with Gasteiger partial charge in [-0.3, -0.25) is 0 Å². The molecule has 0 atom stereocenters. The summed E-state index contributed by atoms with van der Waals surface area (Å²) in [5, 5.41) is 7.74. The standard InChI is InChI=1S/C18H17N7/c1-2-5-15(25-9-3-8-23-25)13(4-1)10-19-17-16-18(21-11-20-17)24(12-22-16)14-6-7-14/h1-5,8-9,11-12,14H,6-7,10H2,(H,19,20,21). The molecule has 1 aliphatic carbocycles. The highest BCUT2D eigenvalue weighted by atomic mass is 15.3. The van der Waals surface area contributed by atoms with Crippen LogP contribution in [-0.4, -0.2) is 29.3 Å². The summed E-state index contributed by atoms with van der Waals surface area (Å²) in [5.41, 5.74) is 3.92. The molecule has 3 heterocycles. The van der Waals surface area contributed by atoms with E-state index < -0.39 is 0 Å². The number of nitrogens with one attached hydrogen (secondary N) is 1. The third-order valence-electron chi connectivity index (χ3n) is 4.49. The fraction of sp³-hybridized carbons (Fsp3) is 0.222. The Hall–Kier alpha value is -3.22. The minimum atomic E-state index is 0.549. The van der Waals surface area contributed by atoms with Gasteiger partial charge in [0.25, 0.3) is 0 Å². The van der Waals surface area contributed by atoms with Gasteiger partial charge in [0.15, 0.2) is 11.5 Å². The van der Waals surface area contributed by atoms with Crippen molar-refractivity contribution in [3.8, 4) is 5.69 Å². The molecule has 0 aliphatic heterocycles. The van der Waals surface area contributed by atoms with Crippen LogP contribution in [0.3, 0.4) is 0 Å². The first kappa shape index (κ1) is 14.2. The number of imidazole rings is 1. The highest BCUT2D eigenvalue weighted by molar-refractivity contribution is 5.82. The molecule has 0 bridgehead atoms. The molecule has 7 heteroatoms. The van der Waals surface area contributed by atoms with Crippen LogP contribution >= 0.6 is 0 Å². The molecule has 0 radical (unpaired) electrons. The van der Waals surface area contributed by atoms with E-state index in [0.29, 0.717) is 12.6 Å². The Labute approximate surface area is 144 Å². The molecular weight excluding hydrogens is 314 g/mol. The van der Waals surface area contributed by atoms with Gasteiger partial charge in [-0.05, 0) is 30.5 Å². The van der Waals surface area contributed by atoms with Crippen LogP contribution in [0.15, 0.2) is 55.4 Å². The second kappa shape index (κ2) is 5.70. The first-order valence-corrected chi connectivity index (χ1v) is 8.39. The molecule has 1 aliphatic rings. The minimum Gasteiger partial charge on any atom is -0.364 e. The highest BCUT2D eigenvalue weighted by Gasteiger charge is 2.26. The fourth-order valence-corrected chi connectivity index (χ4v) is 3.08. The maximum Gasteiger partial charge on any atom is 0.165 e. The average Bonchev–Trinajstić information content (AvgIpc) is 3.18. The number of para-hydroxylation sites is 1. The quantitative estimate of drug-likeness (QED) is 0.608. The normalized spacial score (nSPS) is 14.1. The zero-order valence-corrected chi connectivity index (χ0v) is 13.6. The van der Waals surface area contributed by atoms with Crippen molar-refractivity contribution in [3.63, 3.8) is 0 Å². The number of nitrogens with zero attached hydrogens (tertiary/aromatic N) is 6. The first-order valence-electron chi connectivity index (χ1n) is 8.39. The molecule has 0 unspecified atom stereocenters. The van der Waals surface area contributed by atoms with Gasteiger partial charge in [-0.25, -0.2) is 19.6 Å². The molecule has 0 amide bonds. The van der Waals surface area contributed by atoms with Crippen molar-refractivity contribution in [2.24, 2.45) is 0 Å². The summed E-state index contributed by atoms with van der Waals surface area (Å²) in [6, 6.07) is 10.7. The molecule has 3 aromatic heterocycles. The van der Waals surface area contributed by atoms with Crippen LogP contribution < -0.4 is 5.32 Å². The van der Waals surface area contributed by atoms with Gasteiger partial charge >= 0.3 is 0 Å². The Morgan fingerprint density at radius 2 is 2.00 bits per heavy atom. The first-order chi connectivity index (χ1) is 12.4. The molecule has 1 fully saturated rings. The van der Waals surface area contributed by atoms with Crippen LogP contribution in [0, 0.1) is 0 Å². The molecule has 1 aromatic carbocycles. The van der Waals surface area contributed by atoms with Crippen molar-refractivity contribution in [2.45, 2.75) is 25.4 Å². The molecule has 0 spiro atoms. The predicted octanol–water partition coefficient (Wildman–Crippen LogP) is 2.96. The van der Waals surface area contributed by atoms with Gasteiger partial charge in [0, 0.05) is 25.0 Å². The second-order valence-electron chi connectivity index (χ2n) is 6.21. The number of fused-ring (bicyclic) bond motifs is 1. The van der Waals surface area contributed by atoms with Gasteiger partial charge in [-0.15, -0.1) is 0 Å².